The number of amides is 1. The van der Waals surface area contributed by atoms with Crippen molar-refractivity contribution in [2.75, 3.05) is 11.9 Å². The van der Waals surface area contributed by atoms with Crippen molar-refractivity contribution in [1.29, 1.82) is 0 Å². The van der Waals surface area contributed by atoms with Crippen LogP contribution in [0.1, 0.15) is 18.6 Å². The fourth-order valence-electron chi connectivity index (χ4n) is 1.83. The van der Waals surface area contributed by atoms with Crippen molar-refractivity contribution in [3.63, 3.8) is 0 Å². The van der Waals surface area contributed by atoms with Gasteiger partial charge in [-0.25, -0.2) is 0 Å². The number of hydrogen-bond donors (Lipinski definition) is 2. The molecule has 1 aromatic heterocycles. The summed E-state index contributed by atoms with van der Waals surface area (Å²) in [6, 6.07) is 11.0. The number of nitrogens with two attached hydrogens (primary N) is 1. The van der Waals surface area contributed by atoms with Crippen LogP contribution in [0.2, 0.25) is 0 Å². The number of pyridine rings is 1. The Balaban J connectivity index is 2.22. The van der Waals surface area contributed by atoms with E-state index in [4.69, 9.17) is 10.5 Å². The Hall–Kier alpha value is -2.40. The predicted octanol–water partition coefficient (Wildman–Crippen LogP) is 2.12. The Morgan fingerprint density at radius 3 is 2.80 bits per heavy atom. The number of nitrogens with one attached hydrogen (secondary N) is 1. The summed E-state index contributed by atoms with van der Waals surface area (Å²) in [4.78, 5) is 15.3. The highest BCUT2D eigenvalue weighted by Crippen LogP contribution is 2.28. The largest absolute Gasteiger partial charge is 0.482 e. The van der Waals surface area contributed by atoms with Gasteiger partial charge in [-0.1, -0.05) is 18.2 Å². The fourth-order valence-corrected chi connectivity index (χ4v) is 1.83. The first-order chi connectivity index (χ1) is 9.70. The number of anilines is 1. The summed E-state index contributed by atoms with van der Waals surface area (Å²) >= 11 is 0. The van der Waals surface area contributed by atoms with E-state index in [1.165, 1.54) is 6.92 Å². The van der Waals surface area contributed by atoms with Crippen molar-refractivity contribution in [1.82, 2.24) is 4.98 Å². The van der Waals surface area contributed by atoms with Crippen molar-refractivity contribution in [2.24, 2.45) is 5.73 Å². The smallest absolute Gasteiger partial charge is 0.221 e. The van der Waals surface area contributed by atoms with Crippen LogP contribution in [0.4, 0.5) is 5.69 Å². The Morgan fingerprint density at radius 2 is 2.15 bits per heavy atom. The molecule has 0 saturated carbocycles. The third-order valence-corrected chi connectivity index (χ3v) is 2.74. The van der Waals surface area contributed by atoms with Crippen LogP contribution in [0.25, 0.3) is 0 Å². The molecule has 0 aliphatic heterocycles. The molecular weight excluding hydrogens is 254 g/mol. The highest BCUT2D eigenvalue weighted by atomic mass is 16.5. The second kappa shape index (κ2) is 6.68. The van der Waals surface area contributed by atoms with Crippen molar-refractivity contribution < 1.29 is 9.53 Å². The zero-order valence-corrected chi connectivity index (χ0v) is 11.2. The lowest BCUT2D eigenvalue weighted by atomic mass is 10.1. The first-order valence-corrected chi connectivity index (χ1v) is 6.34. The zero-order chi connectivity index (χ0) is 14.4. The number of aromatic nitrogens is 1. The van der Waals surface area contributed by atoms with Gasteiger partial charge in [0.1, 0.15) is 11.9 Å². The minimum absolute atomic E-state index is 0.147. The van der Waals surface area contributed by atoms with E-state index in [0.717, 1.165) is 5.56 Å². The van der Waals surface area contributed by atoms with Crippen molar-refractivity contribution in [3.8, 4) is 5.75 Å². The third kappa shape index (κ3) is 3.55. The molecule has 2 rings (SSSR count). The highest BCUT2D eigenvalue weighted by molar-refractivity contribution is 5.90. The van der Waals surface area contributed by atoms with Crippen LogP contribution in [-0.2, 0) is 4.79 Å². The molecule has 2 aromatic rings. The summed E-state index contributed by atoms with van der Waals surface area (Å²) in [5.41, 5.74) is 7.29. The van der Waals surface area contributed by atoms with Gasteiger partial charge in [-0.2, -0.15) is 0 Å². The van der Waals surface area contributed by atoms with Gasteiger partial charge in [-0.05, 0) is 18.2 Å². The number of para-hydroxylation sites is 2. The number of carbonyl (C=O) groups excluding carboxylic acids is 1. The second-order valence-corrected chi connectivity index (χ2v) is 4.31. The van der Waals surface area contributed by atoms with Crippen LogP contribution in [-0.4, -0.2) is 17.4 Å². The van der Waals surface area contributed by atoms with Crippen LogP contribution < -0.4 is 15.8 Å². The summed E-state index contributed by atoms with van der Waals surface area (Å²) in [7, 11) is 0. The summed E-state index contributed by atoms with van der Waals surface area (Å²) in [5.74, 6) is 0.439. The van der Waals surface area contributed by atoms with E-state index in [1.54, 1.807) is 24.5 Å². The molecular formula is C15H17N3O2. The first kappa shape index (κ1) is 14.0. The number of rotatable bonds is 5. The number of carbonyl (C=O) groups is 1. The molecule has 104 valence electrons. The number of ether oxygens (including phenoxy) is 1. The molecule has 0 aliphatic rings. The molecule has 0 spiro atoms. The molecule has 1 unspecified atom stereocenters. The molecule has 1 amide bonds. The summed E-state index contributed by atoms with van der Waals surface area (Å²) < 4.78 is 5.90. The second-order valence-electron chi connectivity index (χ2n) is 4.31. The molecule has 1 atom stereocenters. The summed E-state index contributed by atoms with van der Waals surface area (Å²) in [6.45, 7) is 1.78. The van der Waals surface area contributed by atoms with Crippen LogP contribution in [0, 0.1) is 0 Å². The van der Waals surface area contributed by atoms with E-state index in [2.05, 4.69) is 10.3 Å². The van der Waals surface area contributed by atoms with Crippen LogP contribution in [0.5, 0.6) is 5.75 Å². The molecule has 5 heteroatoms. The van der Waals surface area contributed by atoms with E-state index in [0.29, 0.717) is 18.0 Å². The van der Waals surface area contributed by atoms with E-state index >= 15 is 0 Å². The van der Waals surface area contributed by atoms with Crippen molar-refractivity contribution >= 4 is 11.6 Å². The van der Waals surface area contributed by atoms with E-state index in [9.17, 15) is 4.79 Å². The van der Waals surface area contributed by atoms with Crippen LogP contribution in [0.3, 0.4) is 0 Å². The molecule has 0 saturated heterocycles. The average Bonchev–Trinajstić information content (AvgIpc) is 2.46. The number of nitrogens with zero attached hydrogens (tertiary/aromatic N) is 1. The molecule has 5 nitrogen and oxygen atoms in total. The van der Waals surface area contributed by atoms with Crippen molar-refractivity contribution in [3.05, 3.63) is 54.4 Å². The Kier molecular flexibility index (Phi) is 4.68. The standard InChI is InChI=1S/C15H17N3O2/c1-11(19)18-13-6-2-3-7-14(13)20-15(9-16)12-5-4-8-17-10-12/h2-8,10,15H,9,16H2,1H3,(H,18,19). The molecule has 0 bridgehead atoms. The van der Waals surface area contributed by atoms with Gasteiger partial charge in [0.05, 0.1) is 5.69 Å². The Labute approximate surface area is 117 Å². The lowest BCUT2D eigenvalue weighted by Crippen LogP contribution is -2.19. The summed E-state index contributed by atoms with van der Waals surface area (Å²) in [6.07, 6.45) is 3.11. The maximum atomic E-state index is 11.2. The molecule has 3 N–H and O–H groups in total. The minimum Gasteiger partial charge on any atom is -0.482 e. The third-order valence-electron chi connectivity index (χ3n) is 2.74. The minimum atomic E-state index is -0.307. The molecule has 0 fully saturated rings. The van der Waals surface area contributed by atoms with Gasteiger partial charge < -0.3 is 15.8 Å². The predicted molar refractivity (Wildman–Crippen MR) is 77.4 cm³/mol. The molecule has 1 heterocycles. The van der Waals surface area contributed by atoms with Gasteiger partial charge in [0.15, 0.2) is 0 Å². The maximum absolute atomic E-state index is 11.2. The van der Waals surface area contributed by atoms with Gasteiger partial charge >= 0.3 is 0 Å². The average molecular weight is 271 g/mol. The maximum Gasteiger partial charge on any atom is 0.221 e. The number of hydrogen-bond acceptors (Lipinski definition) is 4. The van der Waals surface area contributed by atoms with E-state index in [1.807, 2.05) is 24.3 Å². The highest BCUT2D eigenvalue weighted by Gasteiger charge is 2.14. The fraction of sp³-hybridized carbons (Fsp3) is 0.200. The lowest BCUT2D eigenvalue weighted by Gasteiger charge is -2.19. The Morgan fingerprint density at radius 1 is 1.35 bits per heavy atom. The monoisotopic (exact) mass is 271 g/mol. The van der Waals surface area contributed by atoms with Crippen molar-refractivity contribution in [2.45, 2.75) is 13.0 Å². The molecule has 0 aliphatic carbocycles. The normalized spacial score (nSPS) is 11.7. The van der Waals surface area contributed by atoms with Gasteiger partial charge in [-0.3, -0.25) is 9.78 Å². The number of benzene rings is 1. The van der Waals surface area contributed by atoms with Gasteiger partial charge in [0.2, 0.25) is 5.91 Å². The lowest BCUT2D eigenvalue weighted by molar-refractivity contribution is -0.114. The molecule has 0 radical (unpaired) electrons. The topological polar surface area (TPSA) is 77.2 Å². The molecule has 1 aromatic carbocycles. The Bertz CT molecular complexity index is 572. The SMILES string of the molecule is CC(=O)Nc1ccccc1OC(CN)c1cccnc1. The van der Waals surface area contributed by atoms with E-state index < -0.39 is 0 Å². The van der Waals surface area contributed by atoms with Gasteiger partial charge in [0, 0.05) is 31.4 Å². The van der Waals surface area contributed by atoms with E-state index in [-0.39, 0.29) is 12.0 Å². The van der Waals surface area contributed by atoms with Gasteiger partial charge in [-0.15, -0.1) is 0 Å². The van der Waals surface area contributed by atoms with Crippen LogP contribution >= 0.6 is 0 Å². The van der Waals surface area contributed by atoms with Gasteiger partial charge in [0.25, 0.3) is 0 Å². The zero-order valence-electron chi connectivity index (χ0n) is 11.2. The molecule has 20 heavy (non-hydrogen) atoms. The quantitative estimate of drug-likeness (QED) is 0.873. The summed E-state index contributed by atoms with van der Waals surface area (Å²) in [5, 5.41) is 2.73. The first-order valence-electron chi connectivity index (χ1n) is 6.34. The van der Waals surface area contributed by atoms with Crippen LogP contribution in [0.15, 0.2) is 48.8 Å².